The monoisotopic (exact) mass is 289 g/mol. The van der Waals surface area contributed by atoms with Crippen molar-refractivity contribution < 1.29 is 13.2 Å². The lowest BCUT2D eigenvalue weighted by Crippen LogP contribution is -2.32. The molecule has 7 heteroatoms. The van der Waals surface area contributed by atoms with E-state index in [2.05, 4.69) is 5.10 Å². The lowest BCUT2D eigenvalue weighted by atomic mass is 10.1. The summed E-state index contributed by atoms with van der Waals surface area (Å²) in [5, 5.41) is 5.50. The summed E-state index contributed by atoms with van der Waals surface area (Å²) in [5.74, 6) is 0. The predicted octanol–water partition coefficient (Wildman–Crippen LogP) is 3.29. The Balaban J connectivity index is 2.37. The van der Waals surface area contributed by atoms with Gasteiger partial charge < -0.3 is 5.73 Å². The van der Waals surface area contributed by atoms with Gasteiger partial charge in [-0.05, 0) is 23.9 Å². The van der Waals surface area contributed by atoms with Gasteiger partial charge in [-0.15, -0.1) is 11.3 Å². The second-order valence-corrected chi connectivity index (χ2v) is 5.19. The molecular formula is C12H14F3N3S. The number of aromatic nitrogens is 2. The zero-order chi connectivity index (χ0) is 14.0. The van der Waals surface area contributed by atoms with Gasteiger partial charge in [0.05, 0.1) is 0 Å². The van der Waals surface area contributed by atoms with E-state index in [1.165, 1.54) is 22.2 Å². The summed E-state index contributed by atoms with van der Waals surface area (Å²) in [4.78, 5) is 0.908. The molecule has 0 spiro atoms. The Morgan fingerprint density at radius 3 is 2.63 bits per heavy atom. The Labute approximate surface area is 112 Å². The molecule has 2 aromatic heterocycles. The third kappa shape index (κ3) is 2.98. The average molecular weight is 289 g/mol. The van der Waals surface area contributed by atoms with Crippen molar-refractivity contribution >= 4 is 11.3 Å². The molecule has 3 nitrogen and oxygen atoms in total. The van der Waals surface area contributed by atoms with Crippen molar-refractivity contribution in [2.75, 3.05) is 0 Å². The number of hydrogen-bond acceptors (Lipinski definition) is 3. The highest BCUT2D eigenvalue weighted by molar-refractivity contribution is 7.10. The molecule has 2 atom stereocenters. The number of alkyl halides is 3. The summed E-state index contributed by atoms with van der Waals surface area (Å²) < 4.78 is 39.1. The Morgan fingerprint density at radius 2 is 2.16 bits per heavy atom. The summed E-state index contributed by atoms with van der Waals surface area (Å²) in [6, 6.07) is 4.05. The van der Waals surface area contributed by atoms with Crippen molar-refractivity contribution in [3.8, 4) is 0 Å². The molecule has 0 radical (unpaired) electrons. The Bertz CT molecular complexity index is 519. The summed E-state index contributed by atoms with van der Waals surface area (Å²) >= 11 is 1.46. The van der Waals surface area contributed by atoms with Crippen LogP contribution in [0.2, 0.25) is 0 Å². The molecule has 0 aliphatic carbocycles. The first-order chi connectivity index (χ1) is 8.93. The topological polar surface area (TPSA) is 43.8 Å². The Hall–Kier alpha value is -1.34. The van der Waals surface area contributed by atoms with Crippen LogP contribution in [-0.2, 0) is 6.18 Å². The largest absolute Gasteiger partial charge is 0.435 e. The maximum atomic E-state index is 12.6. The zero-order valence-corrected chi connectivity index (χ0v) is 11.1. The minimum absolute atomic E-state index is 0.278. The van der Waals surface area contributed by atoms with E-state index in [0.29, 0.717) is 6.42 Å². The summed E-state index contributed by atoms with van der Waals surface area (Å²) in [6.45, 7) is 1.90. The molecule has 0 fully saturated rings. The first-order valence-electron chi connectivity index (χ1n) is 5.84. The van der Waals surface area contributed by atoms with Crippen molar-refractivity contribution in [1.29, 1.82) is 0 Å². The van der Waals surface area contributed by atoms with Gasteiger partial charge >= 0.3 is 6.18 Å². The quantitative estimate of drug-likeness (QED) is 0.938. The van der Waals surface area contributed by atoms with Crippen molar-refractivity contribution in [3.63, 3.8) is 0 Å². The number of thiophene rings is 1. The fourth-order valence-corrected chi connectivity index (χ4v) is 2.76. The minimum Gasteiger partial charge on any atom is -0.326 e. The smallest absolute Gasteiger partial charge is 0.326 e. The predicted molar refractivity (Wildman–Crippen MR) is 68.0 cm³/mol. The number of nitrogens with zero attached hydrogens (tertiary/aromatic N) is 2. The standard InChI is InChI=1S/C12H14F3N3S/c1-2-8(16)11(9-4-3-7-19-9)18-6-5-10(17-18)12(13,14)15/h3-8,11H,2,16H2,1H3. The SMILES string of the molecule is CCC(N)C(c1cccs1)n1ccc(C(F)(F)F)n1. The van der Waals surface area contributed by atoms with Crippen LogP contribution in [0.15, 0.2) is 29.8 Å². The number of rotatable bonds is 4. The lowest BCUT2D eigenvalue weighted by Gasteiger charge is -2.22. The van der Waals surface area contributed by atoms with Crippen LogP contribution in [0.3, 0.4) is 0 Å². The third-order valence-electron chi connectivity index (χ3n) is 2.90. The van der Waals surface area contributed by atoms with Gasteiger partial charge in [-0.25, -0.2) is 0 Å². The molecule has 2 unspecified atom stereocenters. The second-order valence-electron chi connectivity index (χ2n) is 4.21. The van der Waals surface area contributed by atoms with Crippen molar-refractivity contribution in [2.24, 2.45) is 5.73 Å². The Kier molecular flexibility index (Phi) is 3.96. The lowest BCUT2D eigenvalue weighted by molar-refractivity contribution is -0.141. The van der Waals surface area contributed by atoms with Crippen molar-refractivity contribution in [1.82, 2.24) is 9.78 Å². The van der Waals surface area contributed by atoms with Crippen LogP contribution in [0, 0.1) is 0 Å². The fraction of sp³-hybridized carbons (Fsp3) is 0.417. The minimum atomic E-state index is -4.43. The molecule has 0 saturated carbocycles. The molecule has 0 aliphatic heterocycles. The van der Waals surface area contributed by atoms with Gasteiger partial charge in [0.15, 0.2) is 5.69 Å². The summed E-state index contributed by atoms with van der Waals surface area (Å²) in [5.41, 5.74) is 5.13. The fourth-order valence-electron chi connectivity index (χ4n) is 1.86. The molecule has 0 bridgehead atoms. The highest BCUT2D eigenvalue weighted by Gasteiger charge is 2.34. The van der Waals surface area contributed by atoms with Crippen LogP contribution >= 0.6 is 11.3 Å². The van der Waals surface area contributed by atoms with Gasteiger partial charge in [-0.1, -0.05) is 13.0 Å². The van der Waals surface area contributed by atoms with Crippen molar-refractivity contribution in [2.45, 2.75) is 31.6 Å². The first kappa shape index (κ1) is 14.1. The molecule has 0 aliphatic rings. The average Bonchev–Trinajstić information content (AvgIpc) is 2.99. The normalized spacial score (nSPS) is 15.4. The molecule has 19 heavy (non-hydrogen) atoms. The molecule has 2 rings (SSSR count). The highest BCUT2D eigenvalue weighted by Crippen LogP contribution is 2.31. The van der Waals surface area contributed by atoms with Crippen LogP contribution < -0.4 is 5.73 Å². The third-order valence-corrected chi connectivity index (χ3v) is 3.84. The van der Waals surface area contributed by atoms with Gasteiger partial charge in [-0.2, -0.15) is 18.3 Å². The molecule has 0 amide bonds. The van der Waals surface area contributed by atoms with Crippen molar-refractivity contribution in [3.05, 3.63) is 40.3 Å². The maximum absolute atomic E-state index is 12.6. The van der Waals surface area contributed by atoms with E-state index in [-0.39, 0.29) is 12.1 Å². The van der Waals surface area contributed by atoms with E-state index in [1.807, 2.05) is 24.4 Å². The van der Waals surface area contributed by atoms with Crippen LogP contribution in [0.25, 0.3) is 0 Å². The first-order valence-corrected chi connectivity index (χ1v) is 6.72. The second kappa shape index (κ2) is 5.34. The van der Waals surface area contributed by atoms with Crippen LogP contribution in [0.1, 0.15) is 30.0 Å². The molecule has 2 aromatic rings. The van der Waals surface area contributed by atoms with Gasteiger partial charge in [0.1, 0.15) is 6.04 Å². The highest BCUT2D eigenvalue weighted by atomic mass is 32.1. The molecule has 0 saturated heterocycles. The van der Waals surface area contributed by atoms with Gasteiger partial charge in [0.25, 0.3) is 0 Å². The van der Waals surface area contributed by atoms with E-state index in [0.717, 1.165) is 10.9 Å². The summed E-state index contributed by atoms with van der Waals surface area (Å²) in [7, 11) is 0. The van der Waals surface area contributed by atoms with E-state index in [9.17, 15) is 13.2 Å². The maximum Gasteiger partial charge on any atom is 0.435 e. The zero-order valence-electron chi connectivity index (χ0n) is 10.3. The molecule has 2 heterocycles. The number of nitrogens with two attached hydrogens (primary N) is 1. The number of halogens is 3. The van der Waals surface area contributed by atoms with Gasteiger partial charge in [0.2, 0.25) is 0 Å². The van der Waals surface area contributed by atoms with E-state index < -0.39 is 11.9 Å². The molecular weight excluding hydrogens is 275 g/mol. The van der Waals surface area contributed by atoms with E-state index in [1.54, 1.807) is 0 Å². The van der Waals surface area contributed by atoms with Crippen LogP contribution in [0.5, 0.6) is 0 Å². The van der Waals surface area contributed by atoms with E-state index >= 15 is 0 Å². The number of hydrogen-bond donors (Lipinski definition) is 1. The van der Waals surface area contributed by atoms with Crippen LogP contribution in [-0.4, -0.2) is 15.8 Å². The summed E-state index contributed by atoms with van der Waals surface area (Å²) in [6.07, 6.45) is -2.44. The van der Waals surface area contributed by atoms with Gasteiger partial charge in [0, 0.05) is 17.1 Å². The molecule has 0 aromatic carbocycles. The van der Waals surface area contributed by atoms with Crippen LogP contribution in [0.4, 0.5) is 13.2 Å². The molecule has 2 N–H and O–H groups in total. The molecule has 104 valence electrons. The van der Waals surface area contributed by atoms with E-state index in [4.69, 9.17) is 5.73 Å². The Morgan fingerprint density at radius 1 is 1.42 bits per heavy atom. The van der Waals surface area contributed by atoms with Gasteiger partial charge in [-0.3, -0.25) is 4.68 Å².